The Labute approximate surface area is 167 Å². The fourth-order valence-electron chi connectivity index (χ4n) is 2.31. The van der Waals surface area contributed by atoms with Crippen LogP contribution in [0, 0.1) is 5.92 Å². The summed E-state index contributed by atoms with van der Waals surface area (Å²) in [7, 11) is -1.55. The highest BCUT2D eigenvalue weighted by molar-refractivity contribution is 7.84. The first-order valence-electron chi connectivity index (χ1n) is 9.64. The zero-order chi connectivity index (χ0) is 22.8. The van der Waals surface area contributed by atoms with Gasteiger partial charge in [0.25, 0.3) is 5.91 Å². The minimum absolute atomic E-state index is 0.0269. The molecule has 3 rings (SSSR count). The molecule has 3 N–H and O–H groups in total. The highest BCUT2D eigenvalue weighted by Crippen LogP contribution is 2.30. The van der Waals surface area contributed by atoms with E-state index in [0.29, 0.717) is 6.29 Å². The highest BCUT2D eigenvalue weighted by Gasteiger charge is 2.30. The van der Waals surface area contributed by atoms with Gasteiger partial charge in [0, 0.05) is 41.1 Å². The van der Waals surface area contributed by atoms with Crippen molar-refractivity contribution in [3.05, 3.63) is 29.6 Å². The van der Waals surface area contributed by atoms with Crippen molar-refractivity contribution in [1.29, 1.82) is 0 Å². The van der Waals surface area contributed by atoms with Gasteiger partial charge in [-0.15, -0.1) is 10.2 Å². The van der Waals surface area contributed by atoms with Crippen molar-refractivity contribution in [2.45, 2.75) is 17.7 Å². The van der Waals surface area contributed by atoms with E-state index >= 15 is 0 Å². The number of nitrogens with one attached hydrogen (secondary N) is 3. The Morgan fingerprint density at radius 2 is 2.11 bits per heavy atom. The molecule has 0 aliphatic heterocycles. The van der Waals surface area contributed by atoms with Crippen molar-refractivity contribution in [2.75, 3.05) is 23.9 Å². The van der Waals surface area contributed by atoms with E-state index in [9.17, 15) is 18.6 Å². The molecule has 10 nitrogen and oxygen atoms in total. The Hall–Kier alpha value is -3.21. The van der Waals surface area contributed by atoms with Crippen LogP contribution < -0.4 is 16.0 Å². The molecule has 0 bridgehead atoms. The fraction of sp³-hybridized carbons (Fsp3) is 0.294. The third-order valence-corrected chi connectivity index (χ3v) is 4.83. The molecule has 0 aromatic carbocycles. The zero-order valence-corrected chi connectivity index (χ0v) is 15.5. The van der Waals surface area contributed by atoms with Crippen molar-refractivity contribution in [3.8, 4) is 0 Å². The first kappa shape index (κ1) is 15.8. The Bertz CT molecular complexity index is 1070. The van der Waals surface area contributed by atoms with E-state index in [2.05, 4.69) is 25.8 Å². The first-order valence-corrected chi connectivity index (χ1v) is 9.70. The van der Waals surface area contributed by atoms with Gasteiger partial charge in [0.1, 0.15) is 5.82 Å². The Kier molecular flexibility index (Phi) is 4.64. The number of pyridine rings is 1. The van der Waals surface area contributed by atoms with Crippen LogP contribution in [0.4, 0.5) is 17.3 Å². The zero-order valence-electron chi connectivity index (χ0n) is 17.7. The fourth-order valence-corrected chi connectivity index (χ4v) is 2.99. The van der Waals surface area contributed by atoms with E-state index in [1.54, 1.807) is 0 Å². The van der Waals surface area contributed by atoms with Gasteiger partial charge in [-0.25, -0.2) is 4.98 Å². The molecule has 11 heteroatoms. The van der Waals surface area contributed by atoms with Crippen molar-refractivity contribution in [3.63, 3.8) is 0 Å². The lowest BCUT2D eigenvalue weighted by molar-refractivity contribution is -0.117. The van der Waals surface area contributed by atoms with Crippen molar-refractivity contribution in [2.24, 2.45) is 5.92 Å². The predicted octanol–water partition coefficient (Wildman–Crippen LogP) is 0.873. The Morgan fingerprint density at radius 1 is 1.32 bits per heavy atom. The largest absolute Gasteiger partial charge is 0.354 e. The molecule has 1 unspecified atom stereocenters. The van der Waals surface area contributed by atoms with Crippen molar-refractivity contribution in [1.82, 2.24) is 20.5 Å². The first-order chi connectivity index (χ1) is 14.6. The summed E-state index contributed by atoms with van der Waals surface area (Å²) >= 11 is 0. The molecule has 2 aromatic rings. The summed E-state index contributed by atoms with van der Waals surface area (Å²) in [4.78, 5) is 39.7. The molecule has 1 atom stereocenters. The van der Waals surface area contributed by atoms with Crippen LogP contribution in [-0.2, 0) is 15.6 Å². The summed E-state index contributed by atoms with van der Waals surface area (Å²) in [5.41, 5.74) is -0.211. The topological polar surface area (TPSA) is 143 Å². The maximum atomic E-state index is 12.4. The van der Waals surface area contributed by atoms with Crippen LogP contribution in [-0.4, -0.2) is 50.7 Å². The smallest absolute Gasteiger partial charge is 0.273 e. The van der Waals surface area contributed by atoms with Crippen LogP contribution in [0.3, 0.4) is 0 Å². The molecule has 2 aromatic heterocycles. The third-order valence-electron chi connectivity index (χ3n) is 3.89. The lowest BCUT2D eigenvalue weighted by atomic mass is 10.2. The maximum Gasteiger partial charge on any atom is 0.273 e. The molecule has 2 amide bonds. The average Bonchev–Trinajstić information content (AvgIpc) is 3.52. The quantitative estimate of drug-likeness (QED) is 0.576. The standard InChI is InChI=1S/C17H18N6O4S/c1-18-17(26)14-11(6-13(22-23-14)21-16(25)10-3-4-10)20-15-12(28(2)27)5-9(8-24)7-19-15/h5-8,10H,3-4H2,1-2H3,(H,18,26)(H2,19,20,21,22,25)/i1D3. The second kappa shape index (κ2) is 8.21. The molecule has 28 heavy (non-hydrogen) atoms. The number of aldehydes is 1. The number of anilines is 3. The monoisotopic (exact) mass is 405 g/mol. The molecule has 1 saturated carbocycles. The molecular formula is C17H18N6O4S. The van der Waals surface area contributed by atoms with E-state index in [4.69, 9.17) is 4.11 Å². The number of aromatic nitrogens is 3. The van der Waals surface area contributed by atoms with Crippen LogP contribution in [0.15, 0.2) is 23.2 Å². The van der Waals surface area contributed by atoms with Gasteiger partial charge in [-0.05, 0) is 18.9 Å². The highest BCUT2D eigenvalue weighted by atomic mass is 32.2. The molecule has 0 spiro atoms. The second-order valence-corrected chi connectivity index (χ2v) is 7.37. The van der Waals surface area contributed by atoms with E-state index in [-0.39, 0.29) is 45.3 Å². The van der Waals surface area contributed by atoms with Gasteiger partial charge in [0.15, 0.2) is 17.8 Å². The molecule has 2 heterocycles. The predicted molar refractivity (Wildman–Crippen MR) is 102 cm³/mol. The molecule has 1 aliphatic rings. The molecule has 1 fully saturated rings. The Balaban J connectivity index is 2.00. The summed E-state index contributed by atoms with van der Waals surface area (Å²) < 4.78 is 33.8. The lowest BCUT2D eigenvalue weighted by Crippen LogP contribution is -2.22. The number of carbonyl (C=O) groups is 3. The average molecular weight is 405 g/mol. The summed E-state index contributed by atoms with van der Waals surface area (Å²) in [6.07, 6.45) is 4.69. The minimum Gasteiger partial charge on any atom is -0.354 e. The second-order valence-electron chi connectivity index (χ2n) is 6.02. The summed E-state index contributed by atoms with van der Waals surface area (Å²) in [6, 6.07) is 2.66. The van der Waals surface area contributed by atoms with Gasteiger partial charge < -0.3 is 16.0 Å². The van der Waals surface area contributed by atoms with Crippen LogP contribution in [0.1, 0.15) is 37.8 Å². The Morgan fingerprint density at radius 3 is 2.75 bits per heavy atom. The number of amides is 2. The van der Waals surface area contributed by atoms with Gasteiger partial charge >= 0.3 is 0 Å². The maximum absolute atomic E-state index is 12.4. The summed E-state index contributed by atoms with van der Waals surface area (Å²) in [5.74, 6) is -1.30. The lowest BCUT2D eigenvalue weighted by Gasteiger charge is -2.13. The normalized spacial score (nSPS) is 16.1. The van der Waals surface area contributed by atoms with E-state index in [1.165, 1.54) is 24.6 Å². The number of hydrogen-bond donors (Lipinski definition) is 3. The van der Waals surface area contributed by atoms with Crippen LogP contribution >= 0.6 is 0 Å². The number of rotatable bonds is 7. The van der Waals surface area contributed by atoms with Crippen molar-refractivity contribution < 1.29 is 22.7 Å². The van der Waals surface area contributed by atoms with Crippen LogP contribution in [0.5, 0.6) is 0 Å². The summed E-state index contributed by atoms with van der Waals surface area (Å²) in [6.45, 7) is -2.77. The number of hydrogen-bond acceptors (Lipinski definition) is 8. The van der Waals surface area contributed by atoms with E-state index in [1.807, 2.05) is 5.32 Å². The number of carbonyl (C=O) groups excluding carboxylic acids is 3. The van der Waals surface area contributed by atoms with Crippen LogP contribution in [0.2, 0.25) is 0 Å². The van der Waals surface area contributed by atoms with Crippen LogP contribution in [0.25, 0.3) is 0 Å². The van der Waals surface area contributed by atoms with Gasteiger partial charge in [-0.3, -0.25) is 18.6 Å². The minimum atomic E-state index is -2.77. The van der Waals surface area contributed by atoms with Gasteiger partial charge in [-0.1, -0.05) is 0 Å². The van der Waals surface area contributed by atoms with Gasteiger partial charge in [0.2, 0.25) is 5.91 Å². The summed E-state index contributed by atoms with van der Waals surface area (Å²) in [5, 5.41) is 14.7. The molecule has 1 aliphatic carbocycles. The van der Waals surface area contributed by atoms with Gasteiger partial charge in [0.05, 0.1) is 21.4 Å². The molecule has 0 saturated heterocycles. The third kappa shape index (κ3) is 4.36. The number of nitrogens with zero attached hydrogens (tertiary/aromatic N) is 3. The molecule has 146 valence electrons. The van der Waals surface area contributed by atoms with Gasteiger partial charge in [-0.2, -0.15) is 0 Å². The van der Waals surface area contributed by atoms with Crippen molar-refractivity contribution >= 4 is 46.2 Å². The SMILES string of the molecule is [2H]C([2H])([2H])NC(=O)c1nnc(NC(=O)C2CC2)cc1Nc1ncc(C=O)cc1S(C)=O. The molecule has 0 radical (unpaired) electrons. The van der Waals surface area contributed by atoms with E-state index in [0.717, 1.165) is 12.8 Å². The van der Waals surface area contributed by atoms with E-state index < -0.39 is 23.7 Å². The molecular weight excluding hydrogens is 384 g/mol.